The van der Waals surface area contributed by atoms with E-state index < -0.39 is 0 Å². The predicted molar refractivity (Wildman–Crippen MR) is 58.9 cm³/mol. The van der Waals surface area contributed by atoms with Crippen molar-refractivity contribution in [2.24, 2.45) is 0 Å². The molecule has 1 rings (SSSR count). The Balaban J connectivity index is 0. The van der Waals surface area contributed by atoms with Crippen molar-refractivity contribution < 1.29 is 0 Å². The first-order valence-electron chi connectivity index (χ1n) is 4.74. The average molecular weight is 187 g/mol. The van der Waals surface area contributed by atoms with E-state index in [4.69, 9.17) is 0 Å². The third kappa shape index (κ3) is 6.35. The van der Waals surface area contributed by atoms with Crippen LogP contribution >= 0.6 is 11.3 Å². The molecule has 0 unspecified atom stereocenters. The van der Waals surface area contributed by atoms with Crippen LogP contribution in [0, 0.1) is 6.92 Å². The molecule has 2 heteroatoms. The van der Waals surface area contributed by atoms with Crippen LogP contribution < -0.4 is 0 Å². The minimum Gasteiger partial charge on any atom is -0.247 e. The van der Waals surface area contributed by atoms with E-state index >= 15 is 0 Å². The number of aromatic nitrogens is 1. The van der Waals surface area contributed by atoms with Gasteiger partial charge in [0.1, 0.15) is 0 Å². The van der Waals surface area contributed by atoms with Crippen molar-refractivity contribution in [3.63, 3.8) is 0 Å². The van der Waals surface area contributed by atoms with Crippen LogP contribution in [0.15, 0.2) is 5.38 Å². The van der Waals surface area contributed by atoms with Gasteiger partial charge in [0.05, 0.1) is 5.01 Å². The van der Waals surface area contributed by atoms with Crippen LogP contribution in [-0.4, -0.2) is 4.98 Å². The fourth-order valence-electron chi connectivity index (χ4n) is 0.565. The van der Waals surface area contributed by atoms with E-state index in [1.165, 1.54) is 5.01 Å². The molecule has 0 saturated heterocycles. The van der Waals surface area contributed by atoms with Crippen molar-refractivity contribution in [3.8, 4) is 0 Å². The molecular formula is C10H21NS. The number of rotatable bonds is 1. The van der Waals surface area contributed by atoms with Crippen molar-refractivity contribution in [2.75, 3.05) is 0 Å². The SMILES string of the molecule is CC.CC.CCc1nc(C)cs1. The molecule has 1 heterocycles. The summed E-state index contributed by atoms with van der Waals surface area (Å²) < 4.78 is 0. The second kappa shape index (κ2) is 10.6. The molecule has 0 spiro atoms. The molecule has 1 aromatic rings. The molecule has 1 nitrogen and oxygen atoms in total. The lowest BCUT2D eigenvalue weighted by atomic mass is 10.5. The normalized spacial score (nSPS) is 7.50. The van der Waals surface area contributed by atoms with Gasteiger partial charge < -0.3 is 0 Å². The van der Waals surface area contributed by atoms with Crippen molar-refractivity contribution in [3.05, 3.63) is 16.1 Å². The Kier molecular flexibility index (Phi) is 12.6. The van der Waals surface area contributed by atoms with Crippen LogP contribution in [0.1, 0.15) is 45.3 Å². The number of aryl methyl sites for hydroxylation is 2. The fourth-order valence-corrected chi connectivity index (χ4v) is 1.29. The second-order valence-electron chi connectivity index (χ2n) is 1.74. The number of nitrogens with zero attached hydrogens (tertiary/aromatic N) is 1. The van der Waals surface area contributed by atoms with Crippen LogP contribution in [-0.2, 0) is 6.42 Å². The molecule has 0 N–H and O–H groups in total. The van der Waals surface area contributed by atoms with Crippen LogP contribution in [0.3, 0.4) is 0 Å². The second-order valence-corrected chi connectivity index (χ2v) is 2.68. The summed E-state index contributed by atoms with van der Waals surface area (Å²) >= 11 is 1.74. The molecule has 0 aliphatic carbocycles. The summed E-state index contributed by atoms with van der Waals surface area (Å²) in [5.74, 6) is 0. The van der Waals surface area contributed by atoms with Crippen LogP contribution in [0.4, 0.5) is 0 Å². The number of thiazole rings is 1. The Labute approximate surface area is 80.9 Å². The standard InChI is InChI=1S/C6H9NS.2C2H6/c1-3-6-7-5(2)4-8-6;2*1-2/h4H,3H2,1-2H3;2*1-2H3. The van der Waals surface area contributed by atoms with E-state index in [9.17, 15) is 0 Å². The van der Waals surface area contributed by atoms with Gasteiger partial charge in [-0.2, -0.15) is 0 Å². The Morgan fingerprint density at radius 1 is 1.25 bits per heavy atom. The highest BCUT2D eigenvalue weighted by Crippen LogP contribution is 2.07. The zero-order chi connectivity index (χ0) is 9.98. The quantitative estimate of drug-likeness (QED) is 0.646. The Morgan fingerprint density at radius 2 is 1.75 bits per heavy atom. The van der Waals surface area contributed by atoms with Crippen molar-refractivity contribution in [2.45, 2.75) is 48.0 Å². The lowest BCUT2D eigenvalue weighted by Gasteiger charge is -1.79. The monoisotopic (exact) mass is 187 g/mol. The largest absolute Gasteiger partial charge is 0.247 e. The minimum atomic E-state index is 1.07. The summed E-state index contributed by atoms with van der Waals surface area (Å²) in [5, 5.41) is 3.32. The zero-order valence-electron chi connectivity index (χ0n) is 9.14. The third-order valence-corrected chi connectivity index (χ3v) is 2.08. The highest BCUT2D eigenvalue weighted by Gasteiger charge is 1.91. The zero-order valence-corrected chi connectivity index (χ0v) is 9.96. The van der Waals surface area contributed by atoms with E-state index in [-0.39, 0.29) is 0 Å². The summed E-state index contributed by atoms with van der Waals surface area (Å²) in [6, 6.07) is 0. The van der Waals surface area contributed by atoms with E-state index in [2.05, 4.69) is 17.3 Å². The topological polar surface area (TPSA) is 12.9 Å². The van der Waals surface area contributed by atoms with Gasteiger partial charge >= 0.3 is 0 Å². The molecule has 0 aliphatic heterocycles. The molecule has 72 valence electrons. The molecule has 0 radical (unpaired) electrons. The highest BCUT2D eigenvalue weighted by molar-refractivity contribution is 7.09. The first kappa shape index (κ1) is 14.2. The van der Waals surface area contributed by atoms with Gasteiger partial charge in [-0.3, -0.25) is 0 Å². The molecule has 0 saturated carbocycles. The van der Waals surface area contributed by atoms with Crippen LogP contribution in [0.5, 0.6) is 0 Å². The van der Waals surface area contributed by atoms with Gasteiger partial charge in [0.2, 0.25) is 0 Å². The highest BCUT2D eigenvalue weighted by atomic mass is 32.1. The lowest BCUT2D eigenvalue weighted by Crippen LogP contribution is -1.75. The van der Waals surface area contributed by atoms with E-state index in [0.717, 1.165) is 12.1 Å². The summed E-state index contributed by atoms with van der Waals surface area (Å²) in [6.45, 7) is 12.1. The average Bonchev–Trinajstić information content (AvgIpc) is 2.58. The molecule has 0 aliphatic rings. The van der Waals surface area contributed by atoms with Gasteiger partial charge in [-0.25, -0.2) is 4.98 Å². The van der Waals surface area contributed by atoms with Crippen molar-refractivity contribution in [1.29, 1.82) is 0 Å². The molecule has 0 fully saturated rings. The fraction of sp³-hybridized carbons (Fsp3) is 0.700. The third-order valence-electron chi connectivity index (χ3n) is 0.969. The van der Waals surface area contributed by atoms with Gasteiger partial charge in [0.25, 0.3) is 0 Å². The first-order valence-corrected chi connectivity index (χ1v) is 5.62. The maximum Gasteiger partial charge on any atom is 0.0925 e. The minimum absolute atomic E-state index is 1.07. The Morgan fingerprint density at radius 3 is 1.92 bits per heavy atom. The summed E-state index contributed by atoms with van der Waals surface area (Å²) in [5.41, 5.74) is 1.15. The van der Waals surface area contributed by atoms with Gasteiger partial charge in [0.15, 0.2) is 0 Å². The number of hydrogen-bond acceptors (Lipinski definition) is 2. The molecule has 12 heavy (non-hydrogen) atoms. The van der Waals surface area contributed by atoms with Crippen molar-refractivity contribution >= 4 is 11.3 Å². The maximum absolute atomic E-state index is 4.25. The molecule has 0 atom stereocenters. The molecular weight excluding hydrogens is 166 g/mol. The van der Waals surface area contributed by atoms with E-state index in [1.807, 2.05) is 34.6 Å². The van der Waals surface area contributed by atoms with Gasteiger partial charge in [-0.1, -0.05) is 34.6 Å². The van der Waals surface area contributed by atoms with Crippen molar-refractivity contribution in [1.82, 2.24) is 4.98 Å². The van der Waals surface area contributed by atoms with Gasteiger partial charge in [-0.15, -0.1) is 11.3 Å². The molecule has 1 aromatic heterocycles. The smallest absolute Gasteiger partial charge is 0.0925 e. The van der Waals surface area contributed by atoms with E-state index in [0.29, 0.717) is 0 Å². The molecule has 0 bridgehead atoms. The molecule has 0 aromatic carbocycles. The molecule has 0 amide bonds. The first-order chi connectivity index (χ1) is 5.83. The van der Waals surface area contributed by atoms with Gasteiger partial charge in [0, 0.05) is 11.1 Å². The summed E-state index contributed by atoms with van der Waals surface area (Å²) in [6.07, 6.45) is 1.07. The van der Waals surface area contributed by atoms with Crippen LogP contribution in [0.2, 0.25) is 0 Å². The summed E-state index contributed by atoms with van der Waals surface area (Å²) in [7, 11) is 0. The van der Waals surface area contributed by atoms with Crippen LogP contribution in [0.25, 0.3) is 0 Å². The summed E-state index contributed by atoms with van der Waals surface area (Å²) in [4.78, 5) is 4.25. The van der Waals surface area contributed by atoms with Gasteiger partial charge in [-0.05, 0) is 13.3 Å². The maximum atomic E-state index is 4.25. The Hall–Kier alpha value is -0.370. The number of hydrogen-bond donors (Lipinski definition) is 0. The lowest BCUT2D eigenvalue weighted by molar-refractivity contribution is 1.07. The predicted octanol–water partition coefficient (Wildman–Crippen LogP) is 4.07. The van der Waals surface area contributed by atoms with E-state index in [1.54, 1.807) is 11.3 Å². The Bertz CT molecular complexity index is 170.